The Labute approximate surface area is 160 Å². The van der Waals surface area contributed by atoms with Crippen molar-refractivity contribution in [1.29, 1.82) is 5.26 Å². The number of nitrogens with one attached hydrogen (secondary N) is 1. The van der Waals surface area contributed by atoms with E-state index in [0.717, 1.165) is 6.07 Å². The van der Waals surface area contributed by atoms with Crippen LogP contribution in [0.1, 0.15) is 34.3 Å². The molecule has 3 N–H and O–H groups in total. The van der Waals surface area contributed by atoms with Crippen molar-refractivity contribution in [1.82, 2.24) is 4.90 Å². The van der Waals surface area contributed by atoms with Crippen LogP contribution in [0.2, 0.25) is 0 Å². The molecule has 1 amide bonds. The molecule has 2 aliphatic heterocycles. The van der Waals surface area contributed by atoms with E-state index in [1.807, 2.05) is 0 Å². The number of piperidine rings is 1. The number of carbonyl (C=O) groups excluding carboxylic acids is 1. The van der Waals surface area contributed by atoms with Gasteiger partial charge in [0.2, 0.25) is 0 Å². The molecule has 1 spiro atoms. The van der Waals surface area contributed by atoms with Crippen molar-refractivity contribution in [3.63, 3.8) is 0 Å². The lowest BCUT2D eigenvalue weighted by Gasteiger charge is -2.42. The van der Waals surface area contributed by atoms with Crippen molar-refractivity contribution in [2.24, 2.45) is 10.7 Å². The Hall–Kier alpha value is -3.47. The number of aliphatic imine (C=N–C) groups is 1. The lowest BCUT2D eigenvalue weighted by molar-refractivity contribution is 0.0685. The number of likely N-dealkylation sites (tertiary alicyclic amines) is 1. The molecule has 0 aromatic heterocycles. The summed E-state index contributed by atoms with van der Waals surface area (Å²) in [5, 5.41) is 12.1. The van der Waals surface area contributed by atoms with Gasteiger partial charge in [-0.3, -0.25) is 4.79 Å². The smallest absolute Gasteiger partial charge is 0.253 e. The predicted octanol–water partition coefficient (Wildman–Crippen LogP) is 2.60. The first-order valence-corrected chi connectivity index (χ1v) is 8.84. The van der Waals surface area contributed by atoms with Gasteiger partial charge in [0.05, 0.1) is 11.1 Å². The zero-order valence-electron chi connectivity index (χ0n) is 14.9. The third kappa shape index (κ3) is 2.95. The minimum absolute atomic E-state index is 0.101. The van der Waals surface area contributed by atoms with Crippen LogP contribution in [0, 0.1) is 23.0 Å². The molecular formula is C20H17F2N5O. The molecule has 142 valence electrons. The van der Waals surface area contributed by atoms with Crippen molar-refractivity contribution >= 4 is 17.4 Å². The summed E-state index contributed by atoms with van der Waals surface area (Å²) in [6.07, 6.45) is 0.961. The summed E-state index contributed by atoms with van der Waals surface area (Å²) in [6, 6.07) is 10.2. The van der Waals surface area contributed by atoms with Crippen LogP contribution < -0.4 is 11.1 Å². The number of hydrogen-bond acceptors (Lipinski definition) is 5. The molecule has 2 aromatic rings. The maximum atomic E-state index is 14.0. The Bertz CT molecular complexity index is 1040. The average Bonchev–Trinajstić information content (AvgIpc) is 2.67. The quantitative estimate of drug-likeness (QED) is 0.794. The molecule has 28 heavy (non-hydrogen) atoms. The second kappa shape index (κ2) is 6.60. The van der Waals surface area contributed by atoms with E-state index in [-0.39, 0.29) is 28.4 Å². The molecule has 1 saturated heterocycles. The van der Waals surface area contributed by atoms with Gasteiger partial charge in [0, 0.05) is 37.2 Å². The highest BCUT2D eigenvalue weighted by Gasteiger charge is 2.39. The molecule has 6 nitrogen and oxygen atoms in total. The molecule has 0 unspecified atom stereocenters. The largest absolute Gasteiger partial charge is 0.383 e. The molecule has 0 bridgehead atoms. The second-order valence-corrected chi connectivity index (χ2v) is 6.91. The number of nitrogens with zero attached hydrogens (tertiary/aromatic N) is 3. The standard InChI is InChI=1S/C20H17F2N5O/c21-14-2-1-3-16-17(14)18(24)26-20(25-16)6-8-27(9-7-20)19(28)12-4-5-13(11-23)15(22)10-12/h1-5,10,25H,6-9H2,(H2,24,26). The van der Waals surface area contributed by atoms with Crippen LogP contribution in [0.3, 0.4) is 0 Å². The summed E-state index contributed by atoms with van der Waals surface area (Å²) in [4.78, 5) is 18.8. The molecule has 8 heteroatoms. The minimum Gasteiger partial charge on any atom is -0.383 e. The Balaban J connectivity index is 1.51. The molecule has 0 saturated carbocycles. The third-order valence-corrected chi connectivity index (χ3v) is 5.19. The van der Waals surface area contributed by atoms with Gasteiger partial charge in [-0.1, -0.05) is 6.07 Å². The molecule has 2 aliphatic rings. The van der Waals surface area contributed by atoms with Crippen LogP contribution in [0.5, 0.6) is 0 Å². The van der Waals surface area contributed by atoms with E-state index in [4.69, 9.17) is 11.0 Å². The first-order chi connectivity index (χ1) is 13.4. The molecular weight excluding hydrogens is 364 g/mol. The summed E-state index contributed by atoms with van der Waals surface area (Å²) in [7, 11) is 0. The van der Waals surface area contributed by atoms with E-state index >= 15 is 0 Å². The van der Waals surface area contributed by atoms with E-state index in [0.29, 0.717) is 31.6 Å². The number of nitriles is 1. The van der Waals surface area contributed by atoms with Gasteiger partial charge in [-0.25, -0.2) is 13.8 Å². The van der Waals surface area contributed by atoms with Gasteiger partial charge in [-0.2, -0.15) is 5.26 Å². The van der Waals surface area contributed by atoms with Gasteiger partial charge in [0.1, 0.15) is 29.2 Å². The predicted molar refractivity (Wildman–Crippen MR) is 99.7 cm³/mol. The average molecular weight is 381 g/mol. The number of halogens is 2. The summed E-state index contributed by atoms with van der Waals surface area (Å²) >= 11 is 0. The fraction of sp³-hybridized carbons (Fsp3) is 0.250. The van der Waals surface area contributed by atoms with Crippen molar-refractivity contribution in [3.05, 3.63) is 64.7 Å². The monoisotopic (exact) mass is 381 g/mol. The van der Waals surface area contributed by atoms with Crippen LogP contribution in [-0.4, -0.2) is 35.4 Å². The highest BCUT2D eigenvalue weighted by Crippen LogP contribution is 2.35. The zero-order valence-corrected chi connectivity index (χ0v) is 14.9. The maximum absolute atomic E-state index is 14.0. The van der Waals surface area contributed by atoms with Crippen molar-refractivity contribution in [2.75, 3.05) is 18.4 Å². The van der Waals surface area contributed by atoms with Crippen molar-refractivity contribution in [2.45, 2.75) is 18.5 Å². The van der Waals surface area contributed by atoms with Crippen LogP contribution >= 0.6 is 0 Å². The molecule has 4 rings (SSSR count). The first kappa shape index (κ1) is 17.9. The summed E-state index contributed by atoms with van der Waals surface area (Å²) in [6.45, 7) is 0.768. The second-order valence-electron chi connectivity index (χ2n) is 6.91. The van der Waals surface area contributed by atoms with Gasteiger partial charge in [0.15, 0.2) is 0 Å². The number of rotatable bonds is 1. The molecule has 2 aromatic carbocycles. The first-order valence-electron chi connectivity index (χ1n) is 8.84. The van der Waals surface area contributed by atoms with Crippen LogP contribution in [0.25, 0.3) is 0 Å². The fourth-order valence-corrected chi connectivity index (χ4v) is 3.69. The van der Waals surface area contributed by atoms with Crippen LogP contribution in [0.15, 0.2) is 41.4 Å². The molecule has 0 aliphatic carbocycles. The Morgan fingerprint density at radius 2 is 1.96 bits per heavy atom. The number of nitrogens with two attached hydrogens (primary N) is 1. The van der Waals surface area contributed by atoms with E-state index in [1.54, 1.807) is 23.1 Å². The molecule has 2 heterocycles. The van der Waals surface area contributed by atoms with Gasteiger partial charge < -0.3 is 16.0 Å². The summed E-state index contributed by atoms with van der Waals surface area (Å²) in [5.74, 6) is -1.32. The zero-order chi connectivity index (χ0) is 19.9. The summed E-state index contributed by atoms with van der Waals surface area (Å²) in [5.41, 5.74) is 6.25. The molecule has 1 fully saturated rings. The number of benzene rings is 2. The maximum Gasteiger partial charge on any atom is 0.253 e. The number of carbonyl (C=O) groups is 1. The number of amidine groups is 1. The highest BCUT2D eigenvalue weighted by molar-refractivity contribution is 6.04. The van der Waals surface area contributed by atoms with Crippen molar-refractivity contribution < 1.29 is 13.6 Å². The van der Waals surface area contributed by atoms with Gasteiger partial charge in [0.25, 0.3) is 5.91 Å². The number of anilines is 1. The minimum atomic E-state index is -0.716. The topological polar surface area (TPSA) is 94.5 Å². The number of hydrogen-bond donors (Lipinski definition) is 2. The SMILES string of the molecule is N#Cc1ccc(C(=O)N2CCC3(CC2)N=C(N)c2c(F)cccc2N3)cc1F. The van der Waals surface area contributed by atoms with Crippen LogP contribution in [-0.2, 0) is 0 Å². The Morgan fingerprint density at radius 3 is 2.64 bits per heavy atom. The lowest BCUT2D eigenvalue weighted by Crippen LogP contribution is -2.52. The van der Waals surface area contributed by atoms with E-state index in [2.05, 4.69) is 10.3 Å². The molecule has 0 atom stereocenters. The normalized spacial score (nSPS) is 17.3. The lowest BCUT2D eigenvalue weighted by atomic mass is 9.93. The number of fused-ring (bicyclic) bond motifs is 1. The fourth-order valence-electron chi connectivity index (χ4n) is 3.69. The Kier molecular flexibility index (Phi) is 4.23. The summed E-state index contributed by atoms with van der Waals surface area (Å²) < 4.78 is 27.8. The van der Waals surface area contributed by atoms with Gasteiger partial charge >= 0.3 is 0 Å². The van der Waals surface area contributed by atoms with Gasteiger partial charge in [-0.15, -0.1) is 0 Å². The van der Waals surface area contributed by atoms with E-state index in [9.17, 15) is 13.6 Å². The van der Waals surface area contributed by atoms with Crippen LogP contribution in [0.4, 0.5) is 14.5 Å². The van der Waals surface area contributed by atoms with E-state index in [1.165, 1.54) is 18.2 Å². The number of amides is 1. The Morgan fingerprint density at radius 1 is 1.21 bits per heavy atom. The van der Waals surface area contributed by atoms with Gasteiger partial charge in [-0.05, 0) is 30.3 Å². The molecule has 0 radical (unpaired) electrons. The third-order valence-electron chi connectivity index (χ3n) is 5.19. The highest BCUT2D eigenvalue weighted by atomic mass is 19.1. The van der Waals surface area contributed by atoms with Crippen molar-refractivity contribution in [3.8, 4) is 6.07 Å². The van der Waals surface area contributed by atoms with E-state index < -0.39 is 17.3 Å².